The summed E-state index contributed by atoms with van der Waals surface area (Å²) >= 11 is 3.42. The fraction of sp³-hybridized carbons (Fsp3) is 0.182. The van der Waals surface area contributed by atoms with Gasteiger partial charge in [-0.3, -0.25) is 0 Å². The second kappa shape index (κ2) is 8.67. The SMILES string of the molecule is COc1ccc(Br)cc1CN1Cc2cc(OCc3ccccc3)ccc2OS1(=O)=O. The summed E-state index contributed by atoms with van der Waals surface area (Å²) in [5.41, 5.74) is 2.53. The van der Waals surface area contributed by atoms with Crippen molar-refractivity contribution in [3.63, 3.8) is 0 Å². The zero-order chi connectivity index (χ0) is 21.1. The molecular weight excluding hydrogens is 470 g/mol. The van der Waals surface area contributed by atoms with Crippen LogP contribution in [0.15, 0.2) is 71.2 Å². The molecule has 6 nitrogen and oxygen atoms in total. The molecule has 30 heavy (non-hydrogen) atoms. The van der Waals surface area contributed by atoms with Crippen LogP contribution in [0.3, 0.4) is 0 Å². The van der Waals surface area contributed by atoms with E-state index in [1.54, 1.807) is 25.3 Å². The van der Waals surface area contributed by atoms with E-state index in [9.17, 15) is 8.42 Å². The topological polar surface area (TPSA) is 65.1 Å². The maximum Gasteiger partial charge on any atom is 0.385 e. The van der Waals surface area contributed by atoms with Crippen LogP contribution in [-0.4, -0.2) is 19.8 Å². The van der Waals surface area contributed by atoms with Gasteiger partial charge in [0.2, 0.25) is 0 Å². The molecule has 0 bridgehead atoms. The van der Waals surface area contributed by atoms with Crippen molar-refractivity contribution < 1.29 is 22.1 Å². The van der Waals surface area contributed by atoms with Crippen molar-refractivity contribution in [2.45, 2.75) is 19.7 Å². The Hall–Kier alpha value is -2.55. The minimum atomic E-state index is -3.92. The van der Waals surface area contributed by atoms with Gasteiger partial charge in [0, 0.05) is 28.7 Å². The van der Waals surface area contributed by atoms with Gasteiger partial charge < -0.3 is 13.7 Å². The van der Waals surface area contributed by atoms with Crippen LogP contribution >= 0.6 is 15.9 Å². The summed E-state index contributed by atoms with van der Waals surface area (Å²) in [6, 6.07) is 20.5. The average Bonchev–Trinajstić information content (AvgIpc) is 2.73. The Labute approximate surface area is 184 Å². The molecule has 1 aliphatic heterocycles. The maximum absolute atomic E-state index is 12.6. The number of fused-ring (bicyclic) bond motifs is 1. The third-order valence-corrected chi connectivity index (χ3v) is 6.50. The van der Waals surface area contributed by atoms with Crippen LogP contribution in [0.4, 0.5) is 0 Å². The van der Waals surface area contributed by atoms with E-state index in [1.165, 1.54) is 4.31 Å². The van der Waals surface area contributed by atoms with Gasteiger partial charge >= 0.3 is 10.3 Å². The van der Waals surface area contributed by atoms with E-state index in [0.29, 0.717) is 23.9 Å². The predicted octanol–water partition coefficient (Wildman–Crippen LogP) is 4.68. The van der Waals surface area contributed by atoms with Crippen LogP contribution in [0, 0.1) is 0 Å². The van der Waals surface area contributed by atoms with E-state index in [0.717, 1.165) is 21.2 Å². The zero-order valence-electron chi connectivity index (χ0n) is 16.2. The highest BCUT2D eigenvalue weighted by Crippen LogP contribution is 2.34. The lowest BCUT2D eigenvalue weighted by Gasteiger charge is -2.28. The van der Waals surface area contributed by atoms with Gasteiger partial charge in [-0.2, -0.15) is 12.7 Å². The summed E-state index contributed by atoms with van der Waals surface area (Å²) in [4.78, 5) is 0. The summed E-state index contributed by atoms with van der Waals surface area (Å²) in [7, 11) is -2.36. The summed E-state index contributed by atoms with van der Waals surface area (Å²) in [6.45, 7) is 0.729. The van der Waals surface area contributed by atoms with Crippen molar-refractivity contribution in [3.05, 3.63) is 87.9 Å². The number of methoxy groups -OCH3 is 1. The van der Waals surface area contributed by atoms with Crippen LogP contribution < -0.4 is 13.7 Å². The van der Waals surface area contributed by atoms with Gasteiger partial charge in [0.15, 0.2) is 0 Å². The number of halogens is 1. The van der Waals surface area contributed by atoms with Crippen LogP contribution in [0.5, 0.6) is 17.2 Å². The Kier molecular flexibility index (Phi) is 5.99. The summed E-state index contributed by atoms with van der Waals surface area (Å²) in [5, 5.41) is 0. The molecule has 0 atom stereocenters. The molecule has 0 saturated carbocycles. The second-order valence-electron chi connectivity index (χ2n) is 6.81. The fourth-order valence-electron chi connectivity index (χ4n) is 3.22. The molecule has 0 unspecified atom stereocenters. The van der Waals surface area contributed by atoms with Gasteiger partial charge in [0.05, 0.1) is 7.11 Å². The van der Waals surface area contributed by atoms with Crippen molar-refractivity contribution in [1.29, 1.82) is 0 Å². The molecule has 3 aromatic rings. The predicted molar refractivity (Wildman–Crippen MR) is 117 cm³/mol. The molecule has 0 N–H and O–H groups in total. The van der Waals surface area contributed by atoms with E-state index in [1.807, 2.05) is 48.5 Å². The largest absolute Gasteiger partial charge is 0.496 e. The molecule has 0 spiro atoms. The molecule has 3 aromatic carbocycles. The third kappa shape index (κ3) is 4.61. The molecule has 156 valence electrons. The van der Waals surface area contributed by atoms with E-state index >= 15 is 0 Å². The molecule has 0 aromatic heterocycles. The Morgan fingerprint density at radius 1 is 1.07 bits per heavy atom. The number of nitrogens with zero attached hydrogens (tertiary/aromatic N) is 1. The highest BCUT2D eigenvalue weighted by Gasteiger charge is 2.32. The summed E-state index contributed by atoms with van der Waals surface area (Å²) in [6.07, 6.45) is 0. The monoisotopic (exact) mass is 489 g/mol. The minimum Gasteiger partial charge on any atom is -0.496 e. The highest BCUT2D eigenvalue weighted by atomic mass is 79.9. The molecule has 0 amide bonds. The van der Waals surface area contributed by atoms with Crippen molar-refractivity contribution >= 4 is 26.2 Å². The normalized spacial score (nSPS) is 15.1. The number of rotatable bonds is 6. The van der Waals surface area contributed by atoms with Gasteiger partial charge in [-0.25, -0.2) is 0 Å². The zero-order valence-corrected chi connectivity index (χ0v) is 18.6. The first kappa shape index (κ1) is 20.7. The molecule has 1 heterocycles. The van der Waals surface area contributed by atoms with E-state index in [2.05, 4.69) is 15.9 Å². The number of ether oxygens (including phenoxy) is 2. The number of benzene rings is 3. The molecule has 0 fully saturated rings. The van der Waals surface area contributed by atoms with Crippen LogP contribution in [0.1, 0.15) is 16.7 Å². The first-order valence-corrected chi connectivity index (χ1v) is 11.4. The Morgan fingerprint density at radius 2 is 1.87 bits per heavy atom. The lowest BCUT2D eigenvalue weighted by Crippen LogP contribution is -2.37. The molecule has 0 saturated heterocycles. The van der Waals surface area contributed by atoms with Gasteiger partial charge in [-0.15, -0.1) is 0 Å². The molecule has 0 radical (unpaired) electrons. The van der Waals surface area contributed by atoms with Crippen molar-refractivity contribution in [2.24, 2.45) is 0 Å². The van der Waals surface area contributed by atoms with Gasteiger partial charge in [-0.05, 0) is 42.0 Å². The van der Waals surface area contributed by atoms with Crippen molar-refractivity contribution in [3.8, 4) is 17.2 Å². The fourth-order valence-corrected chi connectivity index (χ4v) is 4.72. The lowest BCUT2D eigenvalue weighted by molar-refractivity contribution is 0.298. The van der Waals surface area contributed by atoms with E-state index in [4.69, 9.17) is 13.7 Å². The van der Waals surface area contributed by atoms with Crippen LogP contribution in [-0.2, 0) is 30.0 Å². The quantitative estimate of drug-likeness (QED) is 0.502. The minimum absolute atomic E-state index is 0.124. The van der Waals surface area contributed by atoms with Gasteiger partial charge in [-0.1, -0.05) is 46.3 Å². The van der Waals surface area contributed by atoms with Crippen molar-refractivity contribution in [1.82, 2.24) is 4.31 Å². The molecular formula is C22H20BrNO5S. The Bertz CT molecular complexity index is 1150. The molecule has 4 rings (SSSR count). The first-order chi connectivity index (χ1) is 14.4. The molecule has 0 aliphatic carbocycles. The second-order valence-corrected chi connectivity index (χ2v) is 9.26. The molecule has 8 heteroatoms. The standard InChI is InChI=1S/C22H20BrNO5S/c1-27-21-9-7-19(23)11-17(21)13-24-14-18-12-20(8-10-22(18)29-30(24,25)26)28-15-16-5-3-2-4-6-16/h2-12H,13-15H2,1H3. The van der Waals surface area contributed by atoms with E-state index in [-0.39, 0.29) is 13.1 Å². The van der Waals surface area contributed by atoms with Crippen molar-refractivity contribution in [2.75, 3.05) is 7.11 Å². The smallest absolute Gasteiger partial charge is 0.385 e. The van der Waals surface area contributed by atoms with Crippen LogP contribution in [0.25, 0.3) is 0 Å². The van der Waals surface area contributed by atoms with Gasteiger partial charge in [0.25, 0.3) is 0 Å². The first-order valence-electron chi connectivity index (χ1n) is 9.26. The molecule has 1 aliphatic rings. The average molecular weight is 490 g/mol. The van der Waals surface area contributed by atoms with E-state index < -0.39 is 10.3 Å². The summed E-state index contributed by atoms with van der Waals surface area (Å²) in [5.74, 6) is 1.58. The number of hydrogen-bond donors (Lipinski definition) is 0. The Balaban J connectivity index is 1.55. The third-order valence-electron chi connectivity index (χ3n) is 4.73. The summed E-state index contributed by atoms with van der Waals surface area (Å²) < 4.78 is 44.0. The number of hydrogen-bond acceptors (Lipinski definition) is 5. The van der Waals surface area contributed by atoms with Gasteiger partial charge in [0.1, 0.15) is 23.9 Å². The maximum atomic E-state index is 12.6. The lowest BCUT2D eigenvalue weighted by atomic mass is 10.1. The van der Waals surface area contributed by atoms with Crippen LogP contribution in [0.2, 0.25) is 0 Å². The Morgan fingerprint density at radius 3 is 2.63 bits per heavy atom. The highest BCUT2D eigenvalue weighted by molar-refractivity contribution is 9.10.